The summed E-state index contributed by atoms with van der Waals surface area (Å²) in [5.41, 5.74) is 2.16. The lowest BCUT2D eigenvalue weighted by molar-refractivity contribution is -0.132. The van der Waals surface area contributed by atoms with Gasteiger partial charge in [0.25, 0.3) is 11.7 Å². The van der Waals surface area contributed by atoms with Crippen LogP contribution in [0.2, 0.25) is 5.02 Å². The van der Waals surface area contributed by atoms with Crippen molar-refractivity contribution < 1.29 is 19.4 Å². The minimum Gasteiger partial charge on any atom is -0.507 e. The van der Waals surface area contributed by atoms with E-state index in [0.29, 0.717) is 33.1 Å². The summed E-state index contributed by atoms with van der Waals surface area (Å²) in [5, 5.41) is 11.6. The first-order valence-corrected chi connectivity index (χ1v) is 9.92. The van der Waals surface area contributed by atoms with Crippen LogP contribution >= 0.6 is 11.6 Å². The maximum absolute atomic E-state index is 13.2. The average Bonchev–Trinajstić information content (AvgIpc) is 3.06. The average molecular weight is 435 g/mol. The van der Waals surface area contributed by atoms with Crippen LogP contribution in [0.1, 0.15) is 22.7 Å². The second-order valence-electron chi connectivity index (χ2n) is 7.07. The minimum atomic E-state index is -0.841. The Labute approximate surface area is 184 Å². The molecule has 2 aromatic carbocycles. The van der Waals surface area contributed by atoms with Crippen molar-refractivity contribution >= 4 is 34.7 Å². The smallest absolute Gasteiger partial charge is 0.300 e. The van der Waals surface area contributed by atoms with Gasteiger partial charge in [-0.3, -0.25) is 19.5 Å². The van der Waals surface area contributed by atoms with Crippen LogP contribution in [-0.4, -0.2) is 28.9 Å². The van der Waals surface area contributed by atoms with Gasteiger partial charge in [-0.25, -0.2) is 0 Å². The number of Topliss-reactive ketones (excluding diaryl/α,β-unsaturated/α-hetero) is 1. The number of hydrogen-bond acceptors (Lipinski definition) is 5. The number of nitrogens with zero attached hydrogens (tertiary/aromatic N) is 2. The van der Waals surface area contributed by atoms with Crippen molar-refractivity contribution in [2.45, 2.75) is 13.0 Å². The Morgan fingerprint density at radius 3 is 2.52 bits per heavy atom. The van der Waals surface area contributed by atoms with Gasteiger partial charge in [0.05, 0.1) is 18.7 Å². The largest absolute Gasteiger partial charge is 0.507 e. The van der Waals surface area contributed by atoms with E-state index in [0.717, 1.165) is 0 Å². The van der Waals surface area contributed by atoms with Crippen molar-refractivity contribution in [3.63, 3.8) is 0 Å². The molecule has 1 amide bonds. The third-order valence-corrected chi connectivity index (χ3v) is 5.72. The number of halogens is 1. The molecule has 0 bridgehead atoms. The number of hydrogen-bond donors (Lipinski definition) is 1. The number of rotatable bonds is 4. The van der Waals surface area contributed by atoms with Gasteiger partial charge >= 0.3 is 0 Å². The lowest BCUT2D eigenvalue weighted by atomic mass is 9.95. The van der Waals surface area contributed by atoms with Gasteiger partial charge in [-0.1, -0.05) is 29.8 Å². The first kappa shape index (κ1) is 20.6. The number of anilines is 1. The normalized spacial score (nSPS) is 17.8. The predicted molar refractivity (Wildman–Crippen MR) is 118 cm³/mol. The van der Waals surface area contributed by atoms with Crippen LogP contribution in [0.25, 0.3) is 5.76 Å². The van der Waals surface area contributed by atoms with Crippen molar-refractivity contribution in [1.29, 1.82) is 0 Å². The first-order valence-electron chi connectivity index (χ1n) is 9.54. The summed E-state index contributed by atoms with van der Waals surface area (Å²) >= 11 is 6.29. The molecule has 1 aliphatic rings. The summed E-state index contributed by atoms with van der Waals surface area (Å²) in [4.78, 5) is 31.7. The van der Waals surface area contributed by atoms with Crippen LogP contribution in [0.15, 0.2) is 72.6 Å². The number of aliphatic hydroxyl groups is 1. The Bertz CT molecular complexity index is 1210. The lowest BCUT2D eigenvalue weighted by Crippen LogP contribution is -2.30. The van der Waals surface area contributed by atoms with E-state index < -0.39 is 17.7 Å². The highest BCUT2D eigenvalue weighted by atomic mass is 35.5. The zero-order valence-electron chi connectivity index (χ0n) is 16.9. The van der Waals surface area contributed by atoms with Gasteiger partial charge in [0.2, 0.25) is 0 Å². The molecule has 3 aromatic rings. The molecule has 1 saturated heterocycles. The molecule has 0 aliphatic carbocycles. The number of amides is 1. The Kier molecular flexibility index (Phi) is 5.48. The Morgan fingerprint density at radius 1 is 1.10 bits per heavy atom. The Morgan fingerprint density at radius 2 is 1.81 bits per heavy atom. The van der Waals surface area contributed by atoms with Crippen molar-refractivity contribution in [3.8, 4) is 5.75 Å². The number of aromatic nitrogens is 1. The van der Waals surface area contributed by atoms with E-state index in [9.17, 15) is 14.7 Å². The third-order valence-electron chi connectivity index (χ3n) is 5.31. The molecule has 1 fully saturated rings. The molecule has 0 spiro atoms. The van der Waals surface area contributed by atoms with Gasteiger partial charge in [0.15, 0.2) is 0 Å². The van der Waals surface area contributed by atoms with Crippen molar-refractivity contribution in [2.75, 3.05) is 12.0 Å². The molecular weight excluding hydrogens is 416 g/mol. The van der Waals surface area contributed by atoms with Crippen LogP contribution in [0.5, 0.6) is 5.75 Å². The molecule has 1 aliphatic heterocycles. The van der Waals surface area contributed by atoms with Gasteiger partial charge in [-0.15, -0.1) is 0 Å². The van der Waals surface area contributed by atoms with Gasteiger partial charge in [0, 0.05) is 28.7 Å². The van der Waals surface area contributed by atoms with Crippen molar-refractivity contribution in [1.82, 2.24) is 4.98 Å². The molecule has 1 atom stereocenters. The van der Waals surface area contributed by atoms with Gasteiger partial charge in [0.1, 0.15) is 11.5 Å². The number of carbonyl (C=O) groups excluding carboxylic acids is 2. The van der Waals surface area contributed by atoms with Crippen LogP contribution in [0.4, 0.5) is 5.69 Å². The van der Waals surface area contributed by atoms with E-state index in [2.05, 4.69) is 4.98 Å². The van der Waals surface area contributed by atoms with E-state index in [1.165, 1.54) is 12.0 Å². The summed E-state index contributed by atoms with van der Waals surface area (Å²) in [5.74, 6) is -1.27. The number of pyridine rings is 1. The molecule has 1 N–H and O–H groups in total. The second-order valence-corrected chi connectivity index (χ2v) is 7.47. The number of ether oxygens (including phenoxy) is 1. The fourth-order valence-electron chi connectivity index (χ4n) is 3.73. The van der Waals surface area contributed by atoms with Crippen molar-refractivity contribution in [3.05, 3.63) is 94.3 Å². The maximum Gasteiger partial charge on any atom is 0.300 e. The zero-order valence-corrected chi connectivity index (χ0v) is 17.6. The highest BCUT2D eigenvalue weighted by Crippen LogP contribution is 2.43. The topological polar surface area (TPSA) is 79.7 Å². The van der Waals surface area contributed by atoms with Gasteiger partial charge in [-0.05, 0) is 54.4 Å². The lowest BCUT2D eigenvalue weighted by Gasteiger charge is -2.27. The number of carbonyl (C=O) groups is 2. The highest BCUT2D eigenvalue weighted by Gasteiger charge is 2.47. The zero-order chi connectivity index (χ0) is 22.1. The number of ketones is 1. The number of aliphatic hydroxyl groups excluding tert-OH is 1. The van der Waals surface area contributed by atoms with Gasteiger partial charge in [-0.2, -0.15) is 0 Å². The van der Waals surface area contributed by atoms with Crippen LogP contribution in [-0.2, 0) is 9.59 Å². The molecule has 31 heavy (non-hydrogen) atoms. The van der Waals surface area contributed by atoms with Crippen LogP contribution in [0.3, 0.4) is 0 Å². The van der Waals surface area contributed by atoms with E-state index in [1.807, 2.05) is 0 Å². The summed E-state index contributed by atoms with van der Waals surface area (Å²) in [6.45, 7) is 1.78. The summed E-state index contributed by atoms with van der Waals surface area (Å²) in [6, 6.07) is 14.4. The van der Waals surface area contributed by atoms with E-state index >= 15 is 0 Å². The molecule has 6 nitrogen and oxygen atoms in total. The van der Waals surface area contributed by atoms with E-state index in [1.54, 1.807) is 73.9 Å². The second kappa shape index (κ2) is 8.24. The molecular formula is C24H19ClN2O4. The molecule has 0 radical (unpaired) electrons. The summed E-state index contributed by atoms with van der Waals surface area (Å²) < 4.78 is 5.23. The van der Waals surface area contributed by atoms with E-state index in [-0.39, 0.29) is 11.3 Å². The van der Waals surface area contributed by atoms with Crippen LogP contribution in [0, 0.1) is 6.92 Å². The summed E-state index contributed by atoms with van der Waals surface area (Å²) in [7, 11) is 1.51. The predicted octanol–water partition coefficient (Wildman–Crippen LogP) is 4.68. The third kappa shape index (κ3) is 3.55. The maximum atomic E-state index is 13.2. The first-order chi connectivity index (χ1) is 14.9. The molecule has 2 heterocycles. The minimum absolute atomic E-state index is 0.0103. The fraction of sp³-hybridized carbons (Fsp3) is 0.125. The SMILES string of the molecule is COc1cccc(/C(O)=C2\C(=O)C(=O)N(c3cccc(Cl)c3C)C2c2ccncc2)c1. The Balaban J connectivity index is 1.97. The highest BCUT2D eigenvalue weighted by molar-refractivity contribution is 6.52. The molecule has 7 heteroatoms. The molecule has 0 saturated carbocycles. The fourth-order valence-corrected chi connectivity index (χ4v) is 3.89. The van der Waals surface area contributed by atoms with Crippen LogP contribution < -0.4 is 9.64 Å². The Hall–Kier alpha value is -3.64. The monoisotopic (exact) mass is 434 g/mol. The van der Waals surface area contributed by atoms with Gasteiger partial charge < -0.3 is 9.84 Å². The molecule has 1 aromatic heterocycles. The number of benzene rings is 2. The summed E-state index contributed by atoms with van der Waals surface area (Å²) in [6.07, 6.45) is 3.15. The molecule has 156 valence electrons. The quantitative estimate of drug-likeness (QED) is 0.366. The standard InChI is InChI=1S/C24H19ClN2O4/c1-14-18(25)7-4-8-19(14)27-21(15-9-11-26-12-10-15)20(23(29)24(27)30)22(28)16-5-3-6-17(13-16)31-2/h3-13,21,28H,1-2H3/b22-20+. The molecule has 1 unspecified atom stereocenters. The molecule has 4 rings (SSSR count). The number of methoxy groups -OCH3 is 1. The van der Waals surface area contributed by atoms with Crippen molar-refractivity contribution in [2.24, 2.45) is 0 Å². The van der Waals surface area contributed by atoms with E-state index in [4.69, 9.17) is 16.3 Å².